The molecular weight excluding hydrogens is 419 g/mol. The van der Waals surface area contributed by atoms with E-state index in [1.807, 2.05) is 0 Å². The Hall–Kier alpha value is -2.98. The number of thiazole rings is 1. The van der Waals surface area contributed by atoms with Crippen molar-refractivity contribution in [1.82, 2.24) is 4.98 Å². The number of alkyl halides is 3. The molecule has 0 saturated heterocycles. The van der Waals surface area contributed by atoms with Crippen LogP contribution in [0.3, 0.4) is 0 Å². The molecule has 3 rings (SSSR count). The van der Waals surface area contributed by atoms with Crippen molar-refractivity contribution in [3.63, 3.8) is 0 Å². The van der Waals surface area contributed by atoms with Gasteiger partial charge in [-0.15, -0.1) is 0 Å². The molecular formula is C17H9ClF3N3O3S. The van der Waals surface area contributed by atoms with Gasteiger partial charge in [-0.1, -0.05) is 53.3 Å². The molecule has 2 aromatic carbocycles. The summed E-state index contributed by atoms with van der Waals surface area (Å²) in [5, 5.41) is 12.7. The van der Waals surface area contributed by atoms with Crippen LogP contribution in [-0.2, 0) is 6.18 Å². The Bertz CT molecular complexity index is 1050. The van der Waals surface area contributed by atoms with E-state index in [1.165, 1.54) is 12.1 Å². The first-order valence-corrected chi connectivity index (χ1v) is 8.75. The van der Waals surface area contributed by atoms with Gasteiger partial charge < -0.3 is 0 Å². The van der Waals surface area contributed by atoms with Gasteiger partial charge in [-0.3, -0.25) is 20.2 Å². The third-order valence-corrected chi connectivity index (χ3v) is 4.91. The van der Waals surface area contributed by atoms with E-state index in [-0.39, 0.29) is 26.3 Å². The van der Waals surface area contributed by atoms with Gasteiger partial charge >= 0.3 is 6.18 Å². The van der Waals surface area contributed by atoms with Crippen molar-refractivity contribution in [1.29, 1.82) is 0 Å². The molecule has 1 N–H and O–H groups in total. The maximum atomic E-state index is 13.3. The van der Waals surface area contributed by atoms with Gasteiger partial charge in [0.15, 0.2) is 10.8 Å². The Kier molecular flexibility index (Phi) is 5.34. The number of hydrogen-bond donors (Lipinski definition) is 1. The number of amides is 1. The summed E-state index contributed by atoms with van der Waals surface area (Å²) in [5.41, 5.74) is -1.47. The van der Waals surface area contributed by atoms with Crippen LogP contribution in [0.1, 0.15) is 16.1 Å². The smallest absolute Gasteiger partial charge is 0.298 e. The lowest BCUT2D eigenvalue weighted by atomic mass is 10.1. The van der Waals surface area contributed by atoms with Crippen molar-refractivity contribution in [2.75, 3.05) is 5.32 Å². The number of nitro benzene ring substituents is 1. The minimum Gasteiger partial charge on any atom is -0.298 e. The lowest BCUT2D eigenvalue weighted by Gasteiger charge is -2.05. The van der Waals surface area contributed by atoms with E-state index in [2.05, 4.69) is 10.3 Å². The van der Waals surface area contributed by atoms with E-state index < -0.39 is 22.7 Å². The van der Waals surface area contributed by atoms with Crippen LogP contribution in [0.5, 0.6) is 0 Å². The highest BCUT2D eigenvalue weighted by atomic mass is 35.5. The highest BCUT2D eigenvalue weighted by molar-refractivity contribution is 7.19. The normalized spacial score (nSPS) is 11.3. The predicted molar refractivity (Wildman–Crippen MR) is 98.6 cm³/mol. The number of aromatic nitrogens is 1. The van der Waals surface area contributed by atoms with Gasteiger partial charge in [-0.2, -0.15) is 13.2 Å². The monoisotopic (exact) mass is 427 g/mol. The SMILES string of the molecule is O=C(Nc1nc(C(F)(F)F)c(-c2ccccc2)s1)c1cc([N+](=O)[O-])ccc1Cl. The van der Waals surface area contributed by atoms with Crippen LogP contribution in [0.15, 0.2) is 48.5 Å². The van der Waals surface area contributed by atoms with E-state index in [0.29, 0.717) is 16.9 Å². The zero-order valence-corrected chi connectivity index (χ0v) is 15.2. The summed E-state index contributed by atoms with van der Waals surface area (Å²) < 4.78 is 40.0. The van der Waals surface area contributed by atoms with Crippen molar-refractivity contribution in [2.45, 2.75) is 6.18 Å². The maximum absolute atomic E-state index is 13.3. The Morgan fingerprint density at radius 1 is 1.18 bits per heavy atom. The zero-order chi connectivity index (χ0) is 20.5. The summed E-state index contributed by atoms with van der Waals surface area (Å²) in [6, 6.07) is 11.0. The molecule has 0 radical (unpaired) electrons. The maximum Gasteiger partial charge on any atom is 0.434 e. The molecule has 0 bridgehead atoms. The number of nitrogens with one attached hydrogen (secondary N) is 1. The molecule has 0 aliphatic rings. The molecule has 1 amide bonds. The summed E-state index contributed by atoms with van der Waals surface area (Å²) in [7, 11) is 0. The third-order valence-electron chi connectivity index (χ3n) is 3.56. The molecule has 1 aromatic heterocycles. The second kappa shape index (κ2) is 7.56. The summed E-state index contributed by atoms with van der Waals surface area (Å²) >= 11 is 6.53. The average molecular weight is 428 g/mol. The Morgan fingerprint density at radius 2 is 1.86 bits per heavy atom. The second-order valence-corrected chi connectivity index (χ2v) is 6.84. The molecule has 28 heavy (non-hydrogen) atoms. The average Bonchev–Trinajstić information content (AvgIpc) is 3.07. The number of halogens is 4. The number of carbonyl (C=O) groups is 1. The number of hydrogen-bond acceptors (Lipinski definition) is 5. The number of benzene rings is 2. The van der Waals surface area contributed by atoms with Crippen molar-refractivity contribution >= 4 is 39.7 Å². The van der Waals surface area contributed by atoms with Gasteiger partial charge in [0.25, 0.3) is 11.6 Å². The first-order chi connectivity index (χ1) is 13.2. The van der Waals surface area contributed by atoms with Crippen molar-refractivity contribution in [3.8, 4) is 10.4 Å². The molecule has 0 saturated carbocycles. The van der Waals surface area contributed by atoms with Crippen LogP contribution in [0.2, 0.25) is 5.02 Å². The summed E-state index contributed by atoms with van der Waals surface area (Å²) in [4.78, 5) is 25.9. The second-order valence-electron chi connectivity index (χ2n) is 5.44. The Labute approximate surface area is 164 Å². The lowest BCUT2D eigenvalue weighted by molar-refractivity contribution is -0.384. The van der Waals surface area contributed by atoms with Crippen LogP contribution >= 0.6 is 22.9 Å². The Balaban J connectivity index is 1.97. The molecule has 144 valence electrons. The third kappa shape index (κ3) is 4.12. The number of rotatable bonds is 4. The van der Waals surface area contributed by atoms with Crippen LogP contribution in [-0.4, -0.2) is 15.8 Å². The number of carbonyl (C=O) groups excluding carboxylic acids is 1. The quantitative estimate of drug-likeness (QED) is 0.431. The van der Waals surface area contributed by atoms with Gasteiger partial charge in [0, 0.05) is 12.1 Å². The molecule has 0 spiro atoms. The fraction of sp³-hybridized carbons (Fsp3) is 0.0588. The fourth-order valence-corrected chi connectivity index (χ4v) is 3.51. The van der Waals surface area contributed by atoms with Crippen LogP contribution in [0, 0.1) is 10.1 Å². The van der Waals surface area contributed by atoms with Gasteiger partial charge in [0.2, 0.25) is 0 Å². The van der Waals surface area contributed by atoms with Crippen LogP contribution in [0.25, 0.3) is 10.4 Å². The van der Waals surface area contributed by atoms with Gasteiger partial charge in [-0.25, -0.2) is 4.98 Å². The van der Waals surface area contributed by atoms with E-state index in [1.54, 1.807) is 18.2 Å². The molecule has 6 nitrogen and oxygen atoms in total. The minimum atomic E-state index is -4.73. The molecule has 0 aliphatic heterocycles. The first-order valence-electron chi connectivity index (χ1n) is 7.55. The Morgan fingerprint density at radius 3 is 2.46 bits per heavy atom. The van der Waals surface area contributed by atoms with Crippen LogP contribution < -0.4 is 5.32 Å². The van der Waals surface area contributed by atoms with E-state index in [4.69, 9.17) is 11.6 Å². The van der Waals surface area contributed by atoms with Crippen molar-refractivity contribution in [2.24, 2.45) is 0 Å². The number of nitrogens with zero attached hydrogens (tertiary/aromatic N) is 2. The first kappa shape index (κ1) is 19.8. The molecule has 0 fully saturated rings. The zero-order valence-electron chi connectivity index (χ0n) is 13.7. The van der Waals surface area contributed by atoms with E-state index >= 15 is 0 Å². The summed E-state index contributed by atoms with van der Waals surface area (Å²) in [6.07, 6.45) is -4.73. The predicted octanol–water partition coefficient (Wildman–Crippen LogP) is 5.64. The molecule has 0 unspecified atom stereocenters. The fourth-order valence-electron chi connectivity index (χ4n) is 2.32. The molecule has 11 heteroatoms. The van der Waals surface area contributed by atoms with E-state index in [9.17, 15) is 28.1 Å². The van der Waals surface area contributed by atoms with Crippen molar-refractivity contribution < 1.29 is 22.9 Å². The molecule has 1 heterocycles. The summed E-state index contributed by atoms with van der Waals surface area (Å²) in [6.45, 7) is 0. The topological polar surface area (TPSA) is 85.1 Å². The molecule has 0 atom stereocenters. The summed E-state index contributed by atoms with van der Waals surface area (Å²) in [5.74, 6) is -0.907. The number of non-ortho nitro benzene ring substituents is 1. The van der Waals surface area contributed by atoms with E-state index in [0.717, 1.165) is 18.2 Å². The van der Waals surface area contributed by atoms with Crippen LogP contribution in [0.4, 0.5) is 24.0 Å². The number of anilines is 1. The minimum absolute atomic E-state index is 0.0843. The highest BCUT2D eigenvalue weighted by Gasteiger charge is 2.38. The van der Waals surface area contributed by atoms with Crippen molar-refractivity contribution in [3.05, 3.63) is 74.9 Å². The standard InChI is InChI=1S/C17H9ClF3N3O3S/c18-12-7-6-10(24(26)27)8-11(12)15(25)23-16-22-14(17(19,20)21)13(28-16)9-4-2-1-3-5-9/h1-8H,(H,22,23,25). The lowest BCUT2D eigenvalue weighted by Crippen LogP contribution is -2.13. The number of nitro groups is 1. The molecule has 0 aliphatic carbocycles. The van der Waals surface area contributed by atoms with Gasteiger partial charge in [0.1, 0.15) is 0 Å². The highest BCUT2D eigenvalue weighted by Crippen LogP contribution is 2.42. The van der Waals surface area contributed by atoms with Gasteiger partial charge in [0.05, 0.1) is 20.4 Å². The largest absolute Gasteiger partial charge is 0.434 e. The molecule has 3 aromatic rings. The van der Waals surface area contributed by atoms with Gasteiger partial charge in [-0.05, 0) is 11.6 Å².